The molecule has 1 amide bonds. The first-order chi connectivity index (χ1) is 8.69. The van der Waals surface area contributed by atoms with Gasteiger partial charge in [-0.05, 0) is 40.7 Å². The second-order valence-electron chi connectivity index (χ2n) is 5.96. The van der Waals surface area contributed by atoms with Gasteiger partial charge in [0.05, 0.1) is 6.54 Å². The topological polar surface area (TPSA) is 61.4 Å². The van der Waals surface area contributed by atoms with Crippen molar-refractivity contribution in [3.63, 3.8) is 0 Å². The van der Waals surface area contributed by atoms with Crippen LogP contribution < -0.4 is 10.6 Å². The highest BCUT2D eigenvalue weighted by molar-refractivity contribution is 5.78. The predicted octanol–water partition coefficient (Wildman–Crippen LogP) is 2.27. The number of phenolic OH excluding ortho intramolecular Hbond substituents is 1. The monoisotopic (exact) mass is 264 g/mol. The van der Waals surface area contributed by atoms with Crippen molar-refractivity contribution < 1.29 is 9.90 Å². The van der Waals surface area contributed by atoms with Crippen molar-refractivity contribution in [2.24, 2.45) is 0 Å². The van der Waals surface area contributed by atoms with Gasteiger partial charge in [0.15, 0.2) is 0 Å². The number of amides is 1. The number of hydrogen-bond acceptors (Lipinski definition) is 3. The number of carbonyl (C=O) groups excluding carboxylic acids is 1. The van der Waals surface area contributed by atoms with Crippen LogP contribution in [0.5, 0.6) is 5.75 Å². The van der Waals surface area contributed by atoms with E-state index in [1.807, 2.05) is 46.8 Å². The third kappa shape index (κ3) is 5.30. The van der Waals surface area contributed by atoms with Crippen LogP contribution in [0.4, 0.5) is 0 Å². The molecule has 0 heterocycles. The van der Waals surface area contributed by atoms with Gasteiger partial charge in [-0.3, -0.25) is 4.79 Å². The van der Waals surface area contributed by atoms with Gasteiger partial charge >= 0.3 is 0 Å². The van der Waals surface area contributed by atoms with Gasteiger partial charge in [-0.15, -0.1) is 0 Å². The summed E-state index contributed by atoms with van der Waals surface area (Å²) in [4.78, 5) is 11.7. The van der Waals surface area contributed by atoms with Crippen molar-refractivity contribution >= 4 is 5.91 Å². The SMILES string of the molecule is Cc1ccc(O)c(C(C)NCC(=O)NC(C)(C)C)c1. The first-order valence-corrected chi connectivity index (χ1v) is 6.53. The van der Waals surface area contributed by atoms with E-state index in [0.29, 0.717) is 0 Å². The molecule has 1 rings (SSSR count). The molecule has 0 fully saturated rings. The van der Waals surface area contributed by atoms with Crippen LogP contribution in [0.2, 0.25) is 0 Å². The van der Waals surface area contributed by atoms with Gasteiger partial charge in [0, 0.05) is 17.1 Å². The molecule has 4 nitrogen and oxygen atoms in total. The zero-order chi connectivity index (χ0) is 14.6. The first kappa shape index (κ1) is 15.5. The highest BCUT2D eigenvalue weighted by atomic mass is 16.3. The second-order valence-corrected chi connectivity index (χ2v) is 5.96. The fraction of sp³-hybridized carbons (Fsp3) is 0.533. The van der Waals surface area contributed by atoms with Crippen molar-refractivity contribution in [2.75, 3.05) is 6.54 Å². The van der Waals surface area contributed by atoms with E-state index in [-0.39, 0.29) is 29.8 Å². The zero-order valence-electron chi connectivity index (χ0n) is 12.4. The lowest BCUT2D eigenvalue weighted by atomic mass is 10.0. The Morgan fingerprint density at radius 2 is 2.00 bits per heavy atom. The predicted molar refractivity (Wildman–Crippen MR) is 77.2 cm³/mol. The van der Waals surface area contributed by atoms with Crippen LogP contribution >= 0.6 is 0 Å². The number of hydrogen-bond donors (Lipinski definition) is 3. The van der Waals surface area contributed by atoms with Gasteiger partial charge in [0.25, 0.3) is 0 Å². The summed E-state index contributed by atoms with van der Waals surface area (Å²) in [6, 6.07) is 5.38. The lowest BCUT2D eigenvalue weighted by Crippen LogP contribution is -2.45. The molecule has 0 spiro atoms. The average Bonchev–Trinajstić information content (AvgIpc) is 2.27. The van der Waals surface area contributed by atoms with Crippen LogP contribution in [-0.2, 0) is 4.79 Å². The fourth-order valence-corrected chi connectivity index (χ4v) is 1.84. The third-order valence-corrected chi connectivity index (χ3v) is 2.73. The molecule has 1 aromatic rings. The van der Waals surface area contributed by atoms with Gasteiger partial charge in [-0.2, -0.15) is 0 Å². The Balaban J connectivity index is 2.58. The number of phenols is 1. The molecule has 0 saturated heterocycles. The van der Waals surface area contributed by atoms with Gasteiger partial charge < -0.3 is 15.7 Å². The highest BCUT2D eigenvalue weighted by Crippen LogP contribution is 2.24. The van der Waals surface area contributed by atoms with Gasteiger partial charge in [0.1, 0.15) is 5.75 Å². The van der Waals surface area contributed by atoms with Crippen LogP contribution in [0.15, 0.2) is 18.2 Å². The normalized spacial score (nSPS) is 13.1. The largest absolute Gasteiger partial charge is 0.508 e. The smallest absolute Gasteiger partial charge is 0.234 e. The average molecular weight is 264 g/mol. The molecule has 3 N–H and O–H groups in total. The van der Waals surface area contributed by atoms with Crippen LogP contribution in [0.3, 0.4) is 0 Å². The maximum Gasteiger partial charge on any atom is 0.234 e. The number of nitrogens with one attached hydrogen (secondary N) is 2. The second kappa shape index (κ2) is 6.06. The Morgan fingerprint density at radius 3 is 2.58 bits per heavy atom. The molecule has 0 saturated carbocycles. The summed E-state index contributed by atoms with van der Waals surface area (Å²) in [5.41, 5.74) is 1.66. The zero-order valence-corrected chi connectivity index (χ0v) is 12.4. The van der Waals surface area contributed by atoms with E-state index in [1.54, 1.807) is 6.07 Å². The Hall–Kier alpha value is -1.55. The minimum atomic E-state index is -0.229. The summed E-state index contributed by atoms with van der Waals surface area (Å²) >= 11 is 0. The Bertz CT molecular complexity index is 450. The molecule has 4 heteroatoms. The van der Waals surface area contributed by atoms with Gasteiger partial charge in [-0.25, -0.2) is 0 Å². The van der Waals surface area contributed by atoms with E-state index in [0.717, 1.165) is 11.1 Å². The Labute approximate surface area is 115 Å². The molecule has 0 bridgehead atoms. The molecule has 1 unspecified atom stereocenters. The lowest BCUT2D eigenvalue weighted by molar-refractivity contribution is -0.121. The Morgan fingerprint density at radius 1 is 1.37 bits per heavy atom. The molecule has 19 heavy (non-hydrogen) atoms. The maximum absolute atomic E-state index is 11.7. The van der Waals surface area contributed by atoms with Crippen LogP contribution in [0.1, 0.15) is 44.9 Å². The Kier molecular flexibility index (Phi) is 4.95. The van der Waals surface area contributed by atoms with Gasteiger partial charge in [-0.1, -0.05) is 17.7 Å². The maximum atomic E-state index is 11.7. The first-order valence-electron chi connectivity index (χ1n) is 6.53. The number of aryl methyl sites for hydroxylation is 1. The minimum absolute atomic E-state index is 0.0495. The van der Waals surface area contributed by atoms with Crippen LogP contribution in [0, 0.1) is 6.92 Å². The van der Waals surface area contributed by atoms with Crippen molar-refractivity contribution in [2.45, 2.75) is 46.2 Å². The van der Waals surface area contributed by atoms with Gasteiger partial charge in [0.2, 0.25) is 5.91 Å². The van der Waals surface area contributed by atoms with Crippen molar-refractivity contribution in [3.8, 4) is 5.75 Å². The summed E-state index contributed by atoms with van der Waals surface area (Å²) in [5, 5.41) is 15.8. The van der Waals surface area contributed by atoms with E-state index >= 15 is 0 Å². The van der Waals surface area contributed by atoms with Crippen molar-refractivity contribution in [1.29, 1.82) is 0 Å². The fourth-order valence-electron chi connectivity index (χ4n) is 1.84. The quantitative estimate of drug-likeness (QED) is 0.781. The molecular weight excluding hydrogens is 240 g/mol. The van der Waals surface area contributed by atoms with E-state index in [4.69, 9.17) is 0 Å². The summed E-state index contributed by atoms with van der Waals surface area (Å²) in [6.45, 7) is 9.97. The summed E-state index contributed by atoms with van der Waals surface area (Å²) in [5.74, 6) is 0.202. The third-order valence-electron chi connectivity index (χ3n) is 2.73. The molecular formula is C15H24N2O2. The molecule has 106 valence electrons. The highest BCUT2D eigenvalue weighted by Gasteiger charge is 2.15. The molecule has 0 aliphatic carbocycles. The molecule has 0 aliphatic heterocycles. The molecule has 1 aromatic carbocycles. The van der Waals surface area contributed by atoms with E-state index in [2.05, 4.69) is 10.6 Å². The number of rotatable bonds is 4. The van der Waals surface area contributed by atoms with Crippen molar-refractivity contribution in [1.82, 2.24) is 10.6 Å². The lowest BCUT2D eigenvalue weighted by Gasteiger charge is -2.22. The minimum Gasteiger partial charge on any atom is -0.508 e. The van der Waals surface area contributed by atoms with E-state index in [9.17, 15) is 9.90 Å². The van der Waals surface area contributed by atoms with E-state index < -0.39 is 0 Å². The standard InChI is InChI=1S/C15H24N2O2/c1-10-6-7-13(18)12(8-10)11(2)16-9-14(19)17-15(3,4)5/h6-8,11,16,18H,9H2,1-5H3,(H,17,19). The summed E-state index contributed by atoms with van der Waals surface area (Å²) in [7, 11) is 0. The van der Waals surface area contributed by atoms with Crippen molar-refractivity contribution in [3.05, 3.63) is 29.3 Å². The number of carbonyl (C=O) groups is 1. The molecule has 0 aromatic heterocycles. The van der Waals surface area contributed by atoms with Crippen LogP contribution in [-0.4, -0.2) is 23.1 Å². The molecule has 1 atom stereocenters. The number of aromatic hydroxyl groups is 1. The molecule has 0 aliphatic rings. The van der Waals surface area contributed by atoms with E-state index in [1.165, 1.54) is 0 Å². The number of benzene rings is 1. The summed E-state index contributed by atoms with van der Waals surface area (Å²) < 4.78 is 0. The summed E-state index contributed by atoms with van der Waals surface area (Å²) in [6.07, 6.45) is 0. The van der Waals surface area contributed by atoms with Crippen LogP contribution in [0.25, 0.3) is 0 Å². The molecule has 0 radical (unpaired) electrons.